The van der Waals surface area contributed by atoms with E-state index in [1.54, 1.807) is 0 Å². The number of aromatic nitrogens is 2. The second-order valence-corrected chi connectivity index (χ2v) is 6.45. The van der Waals surface area contributed by atoms with E-state index in [4.69, 9.17) is 0 Å². The summed E-state index contributed by atoms with van der Waals surface area (Å²) in [6.07, 6.45) is 4.21. The van der Waals surface area contributed by atoms with Crippen LogP contribution in [0.5, 0.6) is 0 Å². The van der Waals surface area contributed by atoms with Gasteiger partial charge in [0.2, 0.25) is 0 Å². The Hall–Kier alpha value is -1.44. The molecule has 0 aliphatic carbocycles. The van der Waals surface area contributed by atoms with Crippen LogP contribution in [0.2, 0.25) is 0 Å². The molecule has 0 aromatic carbocycles. The SMILES string of the molecule is Cn1cccc1-c1ccc(-c2cccn2C)[se]1. The minimum absolute atomic E-state index is 0.415. The Morgan fingerprint density at radius 1 is 0.765 bits per heavy atom. The van der Waals surface area contributed by atoms with Gasteiger partial charge in [-0.1, -0.05) is 0 Å². The zero-order valence-corrected chi connectivity index (χ0v) is 11.6. The Kier molecular flexibility index (Phi) is 2.58. The van der Waals surface area contributed by atoms with Crippen molar-refractivity contribution in [2.45, 2.75) is 0 Å². The van der Waals surface area contributed by atoms with Crippen molar-refractivity contribution in [1.82, 2.24) is 9.13 Å². The van der Waals surface area contributed by atoms with Crippen molar-refractivity contribution in [1.29, 1.82) is 0 Å². The van der Waals surface area contributed by atoms with Gasteiger partial charge in [-0.25, -0.2) is 0 Å². The zero-order chi connectivity index (χ0) is 11.8. The fraction of sp³-hybridized carbons (Fsp3) is 0.143. The first kappa shape index (κ1) is 10.7. The maximum atomic E-state index is 2.26. The second-order valence-electron chi connectivity index (χ2n) is 4.17. The van der Waals surface area contributed by atoms with Crippen molar-refractivity contribution < 1.29 is 0 Å². The van der Waals surface area contributed by atoms with Crippen molar-refractivity contribution in [2.75, 3.05) is 0 Å². The third-order valence-electron chi connectivity index (χ3n) is 3.00. The molecule has 2 nitrogen and oxygen atoms in total. The minimum atomic E-state index is 0.415. The monoisotopic (exact) mass is 290 g/mol. The zero-order valence-electron chi connectivity index (χ0n) is 9.92. The Morgan fingerprint density at radius 2 is 1.24 bits per heavy atom. The predicted octanol–water partition coefficient (Wildman–Crippen LogP) is 2.75. The normalized spacial score (nSPS) is 10.9. The van der Waals surface area contributed by atoms with Gasteiger partial charge in [-0.2, -0.15) is 0 Å². The van der Waals surface area contributed by atoms with Gasteiger partial charge in [0.15, 0.2) is 0 Å². The van der Waals surface area contributed by atoms with Gasteiger partial charge in [0.05, 0.1) is 0 Å². The van der Waals surface area contributed by atoms with Gasteiger partial charge in [0.1, 0.15) is 0 Å². The van der Waals surface area contributed by atoms with Crippen LogP contribution >= 0.6 is 0 Å². The molecule has 0 atom stereocenters. The fourth-order valence-corrected chi connectivity index (χ4v) is 4.44. The molecule has 0 N–H and O–H groups in total. The molecule has 86 valence electrons. The van der Waals surface area contributed by atoms with Gasteiger partial charge >= 0.3 is 107 Å². The quantitative estimate of drug-likeness (QED) is 0.642. The van der Waals surface area contributed by atoms with Crippen LogP contribution < -0.4 is 0 Å². The molecule has 17 heavy (non-hydrogen) atoms. The second kappa shape index (κ2) is 4.10. The fourth-order valence-electron chi connectivity index (χ4n) is 2.05. The summed E-state index contributed by atoms with van der Waals surface area (Å²) < 4.78 is 7.30. The molecule has 0 saturated carbocycles. The van der Waals surface area contributed by atoms with Crippen molar-refractivity contribution in [3.8, 4) is 20.3 Å². The van der Waals surface area contributed by atoms with Crippen LogP contribution in [0.4, 0.5) is 0 Å². The molecule has 0 aliphatic heterocycles. The van der Waals surface area contributed by atoms with Crippen molar-refractivity contribution >= 4 is 14.5 Å². The van der Waals surface area contributed by atoms with Crippen LogP contribution in [0.3, 0.4) is 0 Å². The summed E-state index contributed by atoms with van der Waals surface area (Å²) in [5, 5.41) is 0. The van der Waals surface area contributed by atoms with Gasteiger partial charge in [-0.3, -0.25) is 0 Å². The first-order valence-electron chi connectivity index (χ1n) is 5.59. The number of nitrogens with zero attached hydrogens (tertiary/aromatic N) is 2. The summed E-state index contributed by atoms with van der Waals surface area (Å²) in [5.74, 6) is 0. The van der Waals surface area contributed by atoms with Crippen LogP contribution in [0.25, 0.3) is 20.3 Å². The number of hydrogen-bond donors (Lipinski definition) is 0. The van der Waals surface area contributed by atoms with Gasteiger partial charge in [0.25, 0.3) is 0 Å². The van der Waals surface area contributed by atoms with E-state index in [0.717, 1.165) is 0 Å². The van der Waals surface area contributed by atoms with Crippen molar-refractivity contribution in [2.24, 2.45) is 14.1 Å². The van der Waals surface area contributed by atoms with E-state index >= 15 is 0 Å². The summed E-state index contributed by atoms with van der Waals surface area (Å²) in [6, 6.07) is 13.1. The van der Waals surface area contributed by atoms with Gasteiger partial charge in [-0.05, 0) is 0 Å². The number of aryl methyl sites for hydroxylation is 2. The molecule has 3 heterocycles. The van der Waals surface area contributed by atoms with Gasteiger partial charge in [-0.15, -0.1) is 0 Å². The molecule has 3 heteroatoms. The molecule has 3 rings (SSSR count). The van der Waals surface area contributed by atoms with E-state index in [-0.39, 0.29) is 0 Å². The average Bonchev–Trinajstić information content (AvgIpc) is 2.97. The van der Waals surface area contributed by atoms with E-state index in [1.807, 2.05) is 0 Å². The molecule has 3 aromatic heterocycles. The van der Waals surface area contributed by atoms with Crippen LogP contribution in [0.1, 0.15) is 0 Å². The van der Waals surface area contributed by atoms with Crippen LogP contribution in [-0.4, -0.2) is 23.6 Å². The van der Waals surface area contributed by atoms with E-state index in [0.29, 0.717) is 14.5 Å². The van der Waals surface area contributed by atoms with Gasteiger partial charge in [0, 0.05) is 0 Å². The molecule has 0 aliphatic rings. The Labute approximate surface area is 107 Å². The standard InChI is InChI=1S/C14H14N2Se/c1-15-9-3-5-11(15)13-7-8-14(17-13)12-6-4-10-16(12)2/h3-10H,1-2H3. The summed E-state index contributed by atoms with van der Waals surface area (Å²) in [5.41, 5.74) is 2.68. The van der Waals surface area contributed by atoms with Crippen LogP contribution in [0, 0.1) is 0 Å². The molecule has 3 aromatic rings. The predicted molar refractivity (Wildman–Crippen MR) is 72.2 cm³/mol. The summed E-state index contributed by atoms with van der Waals surface area (Å²) in [6.45, 7) is 0. The Morgan fingerprint density at radius 3 is 1.59 bits per heavy atom. The van der Waals surface area contributed by atoms with E-state index in [2.05, 4.69) is 72.0 Å². The van der Waals surface area contributed by atoms with Crippen LogP contribution in [-0.2, 0) is 14.1 Å². The first-order chi connectivity index (χ1) is 8.25. The molecular formula is C14H14N2Se. The number of rotatable bonds is 2. The summed E-state index contributed by atoms with van der Waals surface area (Å²) in [7, 11) is 4.21. The molecule has 0 fully saturated rings. The van der Waals surface area contributed by atoms with Gasteiger partial charge < -0.3 is 0 Å². The Bertz CT molecular complexity index is 588. The molecule has 0 bridgehead atoms. The van der Waals surface area contributed by atoms with E-state index in [1.165, 1.54) is 20.3 Å². The molecule has 0 saturated heterocycles. The molecule has 0 amide bonds. The molecule has 0 unspecified atom stereocenters. The summed E-state index contributed by atoms with van der Waals surface area (Å²) in [4.78, 5) is 0. The maximum absolute atomic E-state index is 2.26. The Balaban J connectivity index is 2.05. The van der Waals surface area contributed by atoms with Crippen molar-refractivity contribution in [3.63, 3.8) is 0 Å². The van der Waals surface area contributed by atoms with E-state index in [9.17, 15) is 0 Å². The topological polar surface area (TPSA) is 9.86 Å². The third kappa shape index (κ3) is 1.82. The molecule has 0 spiro atoms. The average molecular weight is 289 g/mol. The number of hydrogen-bond acceptors (Lipinski definition) is 0. The van der Waals surface area contributed by atoms with Crippen molar-refractivity contribution in [3.05, 3.63) is 48.8 Å². The first-order valence-corrected chi connectivity index (χ1v) is 7.30. The third-order valence-corrected chi connectivity index (χ3v) is 5.37. The van der Waals surface area contributed by atoms with Crippen LogP contribution in [0.15, 0.2) is 48.8 Å². The summed E-state index contributed by atoms with van der Waals surface area (Å²) >= 11 is 0.415. The molecule has 0 radical (unpaired) electrons. The molecular weight excluding hydrogens is 275 g/mol. The van der Waals surface area contributed by atoms with E-state index < -0.39 is 0 Å².